The molecule has 0 saturated carbocycles. The second-order valence-corrected chi connectivity index (χ2v) is 13.9. The second kappa shape index (κ2) is 15.1. The van der Waals surface area contributed by atoms with Gasteiger partial charge < -0.3 is 9.47 Å². The van der Waals surface area contributed by atoms with E-state index in [0.717, 1.165) is 36.8 Å². The number of nitrogens with zero attached hydrogens (tertiary/aromatic N) is 2. The quantitative estimate of drug-likeness (QED) is 0.207. The maximum atomic E-state index is 12.2. The van der Waals surface area contributed by atoms with Gasteiger partial charge in [0, 0.05) is 23.6 Å². The fourth-order valence-corrected chi connectivity index (χ4v) is 6.12. The molecule has 0 spiro atoms. The molecule has 1 rings (SSSR count). The lowest BCUT2D eigenvalue weighted by Crippen LogP contribution is -2.33. The Balaban J connectivity index is 2.82. The summed E-state index contributed by atoms with van der Waals surface area (Å²) in [4.78, 5) is 27.2. The van der Waals surface area contributed by atoms with Gasteiger partial charge in [-0.1, -0.05) is 98.9 Å². The first-order valence-corrected chi connectivity index (χ1v) is 14.6. The molecule has 0 N–H and O–H groups in total. The van der Waals surface area contributed by atoms with Gasteiger partial charge in [0.2, 0.25) is 0 Å². The number of ether oxygens (including phenoxy) is 2. The normalized spacial score (nSPS) is 11.6. The van der Waals surface area contributed by atoms with Crippen LogP contribution < -0.4 is 0 Å². The van der Waals surface area contributed by atoms with E-state index in [1.54, 1.807) is 14.1 Å². The average molecular weight is 573 g/mol. The monoisotopic (exact) mass is 572 g/mol. The summed E-state index contributed by atoms with van der Waals surface area (Å²) in [7, 11) is 3.28. The number of carbonyl (C=O) groups excluding carboxylic acids is 2. The minimum Gasteiger partial charge on any atom is -0.449 e. The maximum absolute atomic E-state index is 12.2. The molecule has 0 aliphatic heterocycles. The van der Waals surface area contributed by atoms with E-state index < -0.39 is 12.2 Å². The summed E-state index contributed by atoms with van der Waals surface area (Å²) in [6.45, 7) is 13.2. The minimum atomic E-state index is -0.430. The van der Waals surface area contributed by atoms with Gasteiger partial charge in [0.1, 0.15) is 8.64 Å². The molecule has 1 aromatic carbocycles. The highest BCUT2D eigenvalue weighted by Gasteiger charge is 2.30. The van der Waals surface area contributed by atoms with Gasteiger partial charge in [0.15, 0.2) is 0 Å². The predicted octanol–water partition coefficient (Wildman–Crippen LogP) is 7.93. The first-order valence-electron chi connectivity index (χ1n) is 12.1. The van der Waals surface area contributed by atoms with Crippen molar-refractivity contribution in [3.05, 3.63) is 35.4 Å². The largest absolute Gasteiger partial charge is 0.449 e. The molecule has 36 heavy (non-hydrogen) atoms. The smallest absolute Gasteiger partial charge is 0.415 e. The first kappa shape index (κ1) is 32.7. The van der Waals surface area contributed by atoms with Crippen molar-refractivity contribution in [2.45, 2.75) is 76.7 Å². The predicted molar refractivity (Wildman–Crippen MR) is 161 cm³/mol. The topological polar surface area (TPSA) is 59.1 Å². The number of unbranched alkanes of at least 4 members (excludes halogenated alkanes) is 2. The number of benzene rings is 1. The second-order valence-electron chi connectivity index (χ2n) is 9.39. The minimum absolute atomic E-state index is 0.359. The standard InChI is InChI=1S/C26H40N2O4S4/c1-9-11-17-31-21(29)27(7)23(33)35-25(3,4)19-13-15-20(16-14-19)26(5,6)36-24(34)28(8)22(30)32-18-12-10-2/h13-16H,9-12,17-18H2,1-8H3. The van der Waals surface area contributed by atoms with Crippen LogP contribution in [0.25, 0.3) is 0 Å². The van der Waals surface area contributed by atoms with Crippen LogP contribution in [0.5, 0.6) is 0 Å². The number of hydrogen-bond acceptors (Lipinski definition) is 8. The van der Waals surface area contributed by atoms with E-state index >= 15 is 0 Å². The average Bonchev–Trinajstić information content (AvgIpc) is 2.82. The number of carbonyl (C=O) groups is 2. The van der Waals surface area contributed by atoms with Gasteiger partial charge in [0.25, 0.3) is 0 Å². The van der Waals surface area contributed by atoms with E-state index in [9.17, 15) is 9.59 Å². The molecule has 0 aromatic heterocycles. The fraction of sp³-hybridized carbons (Fsp3) is 0.615. The Hall–Kier alpha value is -1.36. The van der Waals surface area contributed by atoms with Gasteiger partial charge in [-0.2, -0.15) is 0 Å². The highest BCUT2D eigenvalue weighted by atomic mass is 32.2. The molecule has 2 amide bonds. The van der Waals surface area contributed by atoms with Crippen LogP contribution in [0.4, 0.5) is 9.59 Å². The van der Waals surface area contributed by atoms with Crippen molar-refractivity contribution in [3.63, 3.8) is 0 Å². The Kier molecular flexibility index (Phi) is 13.7. The SMILES string of the molecule is CCCCOC(=O)N(C)C(=S)SC(C)(C)c1ccc(C(C)(C)SC(=S)N(C)C(=O)OCCCC)cc1. The van der Waals surface area contributed by atoms with Crippen molar-refractivity contribution in [2.75, 3.05) is 27.3 Å². The molecule has 0 fully saturated rings. The van der Waals surface area contributed by atoms with Crippen LogP contribution in [-0.4, -0.2) is 57.9 Å². The van der Waals surface area contributed by atoms with Gasteiger partial charge in [-0.05, 0) is 51.7 Å². The summed E-state index contributed by atoms with van der Waals surface area (Å²) < 4.78 is 10.7. The van der Waals surface area contributed by atoms with E-state index in [1.807, 2.05) is 13.8 Å². The van der Waals surface area contributed by atoms with Crippen molar-refractivity contribution in [1.29, 1.82) is 0 Å². The van der Waals surface area contributed by atoms with E-state index in [0.29, 0.717) is 21.9 Å². The van der Waals surface area contributed by atoms with Crippen LogP contribution in [0, 0.1) is 0 Å². The molecular formula is C26H40N2O4S4. The van der Waals surface area contributed by atoms with Crippen molar-refractivity contribution in [2.24, 2.45) is 0 Å². The van der Waals surface area contributed by atoms with Gasteiger partial charge in [-0.25, -0.2) is 9.59 Å². The summed E-state index contributed by atoms with van der Waals surface area (Å²) in [6, 6.07) is 8.27. The summed E-state index contributed by atoms with van der Waals surface area (Å²) in [5.74, 6) is 0. The highest BCUT2D eigenvalue weighted by molar-refractivity contribution is 8.23. The van der Waals surface area contributed by atoms with Gasteiger partial charge in [-0.15, -0.1) is 0 Å². The molecule has 0 atom stereocenters. The molecular weight excluding hydrogens is 533 g/mol. The molecule has 0 aliphatic carbocycles. The van der Waals surface area contributed by atoms with E-state index in [-0.39, 0.29) is 9.49 Å². The summed E-state index contributed by atoms with van der Waals surface area (Å²) in [5, 5.41) is 0. The Labute approximate surface area is 236 Å². The molecule has 0 bridgehead atoms. The van der Waals surface area contributed by atoms with Crippen LogP contribution in [0.2, 0.25) is 0 Å². The van der Waals surface area contributed by atoms with Gasteiger partial charge in [0.05, 0.1) is 13.2 Å². The highest BCUT2D eigenvalue weighted by Crippen LogP contribution is 2.41. The van der Waals surface area contributed by atoms with Gasteiger partial charge in [-0.3, -0.25) is 9.80 Å². The van der Waals surface area contributed by atoms with E-state index in [2.05, 4.69) is 52.0 Å². The number of amides is 2. The third-order valence-corrected chi connectivity index (χ3v) is 8.94. The lowest BCUT2D eigenvalue weighted by atomic mass is 9.96. The third-order valence-electron chi connectivity index (χ3n) is 5.50. The molecule has 0 unspecified atom stereocenters. The van der Waals surface area contributed by atoms with Crippen molar-refractivity contribution in [1.82, 2.24) is 9.80 Å². The molecule has 0 aliphatic rings. The number of thioether (sulfide) groups is 2. The Morgan fingerprint density at radius 3 is 1.33 bits per heavy atom. The van der Waals surface area contributed by atoms with Crippen molar-refractivity contribution >= 4 is 68.8 Å². The third kappa shape index (κ3) is 10.2. The van der Waals surface area contributed by atoms with Crippen molar-refractivity contribution < 1.29 is 19.1 Å². The molecule has 6 nitrogen and oxygen atoms in total. The lowest BCUT2D eigenvalue weighted by Gasteiger charge is -2.30. The van der Waals surface area contributed by atoms with Gasteiger partial charge >= 0.3 is 12.2 Å². The molecule has 0 radical (unpaired) electrons. The molecule has 202 valence electrons. The zero-order valence-electron chi connectivity index (χ0n) is 22.7. The van der Waals surface area contributed by atoms with Crippen molar-refractivity contribution in [3.8, 4) is 0 Å². The summed E-state index contributed by atoms with van der Waals surface area (Å²) in [6.07, 6.45) is 2.72. The zero-order valence-corrected chi connectivity index (χ0v) is 26.0. The Bertz CT molecular complexity index is 831. The maximum Gasteiger partial charge on any atom is 0.415 e. The summed E-state index contributed by atoms with van der Waals surface area (Å²) >= 11 is 13.9. The van der Waals surface area contributed by atoms with Crippen LogP contribution in [0.3, 0.4) is 0 Å². The Morgan fingerprint density at radius 2 is 1.06 bits per heavy atom. The van der Waals surface area contributed by atoms with Crippen LogP contribution in [0.15, 0.2) is 24.3 Å². The fourth-order valence-electron chi connectivity index (χ4n) is 2.91. The van der Waals surface area contributed by atoms with E-state index in [1.165, 1.54) is 33.3 Å². The zero-order chi connectivity index (χ0) is 27.5. The lowest BCUT2D eigenvalue weighted by molar-refractivity contribution is 0.127. The molecule has 10 heteroatoms. The van der Waals surface area contributed by atoms with Crippen LogP contribution >= 0.6 is 48.0 Å². The number of hydrogen-bond donors (Lipinski definition) is 0. The summed E-state index contributed by atoms with van der Waals surface area (Å²) in [5.41, 5.74) is 2.15. The molecule has 0 saturated heterocycles. The molecule has 1 aromatic rings. The number of rotatable bonds is 10. The van der Waals surface area contributed by atoms with Crippen LogP contribution in [0.1, 0.15) is 78.4 Å². The molecule has 0 heterocycles. The number of thiocarbonyl (C=S) groups is 2. The van der Waals surface area contributed by atoms with Crippen LogP contribution in [-0.2, 0) is 19.0 Å². The Morgan fingerprint density at radius 1 is 0.750 bits per heavy atom. The first-order chi connectivity index (χ1) is 16.8. The van der Waals surface area contributed by atoms with E-state index in [4.69, 9.17) is 33.9 Å².